The van der Waals surface area contributed by atoms with Gasteiger partial charge in [0, 0.05) is 0 Å². The highest BCUT2D eigenvalue weighted by molar-refractivity contribution is 5.73. The molecule has 3 N–H and O–H groups in total. The van der Waals surface area contributed by atoms with Gasteiger partial charge in [0.15, 0.2) is 12.3 Å². The van der Waals surface area contributed by atoms with Crippen LogP contribution in [0.4, 0.5) is 8.78 Å². The van der Waals surface area contributed by atoms with Crippen LogP contribution in [-0.2, 0) is 9.53 Å². The van der Waals surface area contributed by atoms with Crippen LogP contribution < -0.4 is 0 Å². The fourth-order valence-electron chi connectivity index (χ4n) is 1.02. The van der Waals surface area contributed by atoms with Crippen molar-refractivity contribution in [2.24, 2.45) is 0 Å². The number of carboxylic acid groups (broad SMARTS) is 1. The quantitative estimate of drug-likeness (QED) is 0.494. The fraction of sp³-hybridized carbons (Fsp3) is 0.833. The van der Waals surface area contributed by atoms with E-state index in [4.69, 9.17) is 15.3 Å². The number of hydrogen-bond acceptors (Lipinski definition) is 4. The van der Waals surface area contributed by atoms with Crippen LogP contribution in [0.5, 0.6) is 0 Å². The summed E-state index contributed by atoms with van der Waals surface area (Å²) in [6.45, 7) is 0. The van der Waals surface area contributed by atoms with Gasteiger partial charge in [-0.1, -0.05) is 0 Å². The van der Waals surface area contributed by atoms with Gasteiger partial charge in [-0.3, -0.25) is 0 Å². The van der Waals surface area contributed by atoms with E-state index in [1.807, 2.05) is 0 Å². The molecule has 0 aromatic rings. The number of halogens is 2. The summed E-state index contributed by atoms with van der Waals surface area (Å²) >= 11 is 0. The van der Waals surface area contributed by atoms with Gasteiger partial charge in [0.05, 0.1) is 0 Å². The largest absolute Gasteiger partial charge is 0.479 e. The number of rotatable bonds is 1. The molecule has 1 aliphatic heterocycles. The molecule has 1 aliphatic rings. The summed E-state index contributed by atoms with van der Waals surface area (Å²) in [6, 6.07) is 0. The molecule has 7 heteroatoms. The SMILES string of the molecule is O=C(O)[C@H]1O[C@@H](F)[C@H](F)[C@@H](O)[C@@H]1O. The first kappa shape index (κ1) is 10.3. The standard InChI is InChI=1S/C6H8F2O5/c7-1-2(9)3(10)4(6(11)12)13-5(1)8/h1-5,9-10H,(H,11,12)/t1-,2-,3+,4+,5-/m1/s1. The molecule has 0 bridgehead atoms. The van der Waals surface area contributed by atoms with E-state index in [1.165, 1.54) is 0 Å². The predicted molar refractivity (Wildman–Crippen MR) is 34.3 cm³/mol. The molecule has 0 amide bonds. The minimum Gasteiger partial charge on any atom is -0.479 e. The molecule has 1 heterocycles. The van der Waals surface area contributed by atoms with E-state index in [9.17, 15) is 13.6 Å². The van der Waals surface area contributed by atoms with Crippen molar-refractivity contribution in [2.75, 3.05) is 0 Å². The third-order valence-electron chi connectivity index (χ3n) is 1.76. The number of ether oxygens (including phenoxy) is 1. The highest BCUT2D eigenvalue weighted by Crippen LogP contribution is 2.24. The lowest BCUT2D eigenvalue weighted by molar-refractivity contribution is -0.242. The maximum Gasteiger partial charge on any atom is 0.335 e. The van der Waals surface area contributed by atoms with E-state index in [0.717, 1.165) is 0 Å². The highest BCUT2D eigenvalue weighted by atomic mass is 19.2. The van der Waals surface area contributed by atoms with Crippen molar-refractivity contribution in [3.8, 4) is 0 Å². The topological polar surface area (TPSA) is 87.0 Å². The summed E-state index contributed by atoms with van der Waals surface area (Å²) in [5, 5.41) is 26.1. The van der Waals surface area contributed by atoms with E-state index in [0.29, 0.717) is 0 Å². The van der Waals surface area contributed by atoms with Crippen molar-refractivity contribution in [3.63, 3.8) is 0 Å². The minimum atomic E-state index is -2.53. The van der Waals surface area contributed by atoms with E-state index in [2.05, 4.69) is 4.74 Å². The van der Waals surface area contributed by atoms with E-state index in [1.54, 1.807) is 0 Å². The van der Waals surface area contributed by atoms with Crippen molar-refractivity contribution >= 4 is 5.97 Å². The van der Waals surface area contributed by atoms with Crippen molar-refractivity contribution in [2.45, 2.75) is 30.8 Å². The molecular formula is C6H8F2O5. The Morgan fingerprint density at radius 3 is 2.23 bits per heavy atom. The van der Waals surface area contributed by atoms with Crippen LogP contribution in [0.25, 0.3) is 0 Å². The summed E-state index contributed by atoms with van der Waals surface area (Å²) in [5.41, 5.74) is 0. The first-order chi connectivity index (χ1) is 5.95. The number of aliphatic hydroxyl groups is 2. The summed E-state index contributed by atoms with van der Waals surface area (Å²) in [5.74, 6) is -1.65. The molecule has 1 saturated heterocycles. The lowest BCUT2D eigenvalue weighted by Crippen LogP contribution is -2.57. The van der Waals surface area contributed by atoms with Gasteiger partial charge < -0.3 is 20.1 Å². The molecule has 1 fully saturated rings. The Morgan fingerprint density at radius 2 is 1.77 bits per heavy atom. The Hall–Kier alpha value is -0.790. The first-order valence-corrected chi connectivity index (χ1v) is 3.47. The number of carbonyl (C=O) groups is 1. The van der Waals surface area contributed by atoms with Crippen LogP contribution in [0.1, 0.15) is 0 Å². The molecule has 0 aliphatic carbocycles. The second kappa shape index (κ2) is 3.52. The van der Waals surface area contributed by atoms with Gasteiger partial charge in [0.25, 0.3) is 0 Å². The Balaban J connectivity index is 2.76. The number of alkyl halides is 2. The van der Waals surface area contributed by atoms with Crippen molar-refractivity contribution < 1.29 is 33.6 Å². The van der Waals surface area contributed by atoms with Crippen molar-refractivity contribution in [3.05, 3.63) is 0 Å². The van der Waals surface area contributed by atoms with Crippen LogP contribution in [0.3, 0.4) is 0 Å². The zero-order valence-corrected chi connectivity index (χ0v) is 6.30. The van der Waals surface area contributed by atoms with E-state index < -0.39 is 36.8 Å². The molecule has 1 rings (SSSR count). The summed E-state index contributed by atoms with van der Waals surface area (Å²) < 4.78 is 29.0. The summed E-state index contributed by atoms with van der Waals surface area (Å²) in [6.07, 6.45) is -10.9. The summed E-state index contributed by atoms with van der Waals surface area (Å²) in [7, 11) is 0. The third kappa shape index (κ3) is 1.77. The molecule has 0 radical (unpaired) electrons. The fourth-order valence-corrected chi connectivity index (χ4v) is 1.02. The molecule has 0 unspecified atom stereocenters. The van der Waals surface area contributed by atoms with E-state index >= 15 is 0 Å². The Bertz CT molecular complexity index is 211. The smallest absolute Gasteiger partial charge is 0.335 e. The van der Waals surface area contributed by atoms with Gasteiger partial charge >= 0.3 is 5.97 Å². The Morgan fingerprint density at radius 1 is 1.23 bits per heavy atom. The molecule has 5 atom stereocenters. The number of aliphatic hydroxyl groups excluding tert-OH is 2. The average molecular weight is 198 g/mol. The van der Waals surface area contributed by atoms with Crippen LogP contribution in [0, 0.1) is 0 Å². The lowest BCUT2D eigenvalue weighted by Gasteiger charge is -2.33. The molecule has 13 heavy (non-hydrogen) atoms. The molecule has 76 valence electrons. The number of aliphatic carboxylic acids is 1. The zero-order chi connectivity index (χ0) is 10.2. The zero-order valence-electron chi connectivity index (χ0n) is 6.30. The molecule has 5 nitrogen and oxygen atoms in total. The molecule has 0 aromatic heterocycles. The van der Waals surface area contributed by atoms with Crippen LogP contribution >= 0.6 is 0 Å². The van der Waals surface area contributed by atoms with E-state index in [-0.39, 0.29) is 0 Å². The van der Waals surface area contributed by atoms with Gasteiger partial charge in [-0.05, 0) is 0 Å². The lowest BCUT2D eigenvalue weighted by atomic mass is 10.0. The molecule has 0 saturated carbocycles. The monoisotopic (exact) mass is 198 g/mol. The highest BCUT2D eigenvalue weighted by Gasteiger charge is 2.48. The maximum absolute atomic E-state index is 12.6. The van der Waals surface area contributed by atoms with Crippen molar-refractivity contribution in [1.82, 2.24) is 0 Å². The van der Waals surface area contributed by atoms with Crippen LogP contribution in [0.15, 0.2) is 0 Å². The molecule has 0 aromatic carbocycles. The Labute approximate surface area is 71.5 Å². The average Bonchev–Trinajstić information content (AvgIpc) is 2.07. The van der Waals surface area contributed by atoms with Crippen LogP contribution in [0.2, 0.25) is 0 Å². The minimum absolute atomic E-state index is 1.65. The first-order valence-electron chi connectivity index (χ1n) is 3.47. The number of hydrogen-bond donors (Lipinski definition) is 3. The predicted octanol–water partition coefficient (Wildman–Crippen LogP) is -1.17. The van der Waals surface area contributed by atoms with Gasteiger partial charge in [-0.25, -0.2) is 13.6 Å². The molecule has 0 spiro atoms. The van der Waals surface area contributed by atoms with Gasteiger partial charge in [0.1, 0.15) is 12.2 Å². The Kier molecular flexibility index (Phi) is 2.79. The summed E-state index contributed by atoms with van der Waals surface area (Å²) in [4.78, 5) is 10.3. The van der Waals surface area contributed by atoms with Crippen LogP contribution in [-0.4, -0.2) is 52.1 Å². The number of carboxylic acids is 1. The molecular weight excluding hydrogens is 190 g/mol. The van der Waals surface area contributed by atoms with Crippen molar-refractivity contribution in [1.29, 1.82) is 0 Å². The second-order valence-electron chi connectivity index (χ2n) is 2.67. The second-order valence-corrected chi connectivity index (χ2v) is 2.67. The van der Waals surface area contributed by atoms with Gasteiger partial charge in [-0.2, -0.15) is 0 Å². The third-order valence-corrected chi connectivity index (χ3v) is 1.76. The normalized spacial score (nSPS) is 46.0. The maximum atomic E-state index is 12.6. The van der Waals surface area contributed by atoms with Gasteiger partial charge in [0.2, 0.25) is 6.36 Å². The van der Waals surface area contributed by atoms with Gasteiger partial charge in [-0.15, -0.1) is 0 Å².